The van der Waals surface area contributed by atoms with Crippen molar-refractivity contribution >= 4 is 17.4 Å². The Bertz CT molecular complexity index is 978. The average molecular weight is 386 g/mol. The molecule has 29 heavy (non-hydrogen) atoms. The molecule has 1 aromatic heterocycles. The summed E-state index contributed by atoms with van der Waals surface area (Å²) in [7, 11) is 0. The van der Waals surface area contributed by atoms with E-state index in [1.54, 1.807) is 6.20 Å². The maximum Gasteiger partial charge on any atom is 0.251 e. The first-order valence-electron chi connectivity index (χ1n) is 10.3. The van der Waals surface area contributed by atoms with Crippen LogP contribution in [0.3, 0.4) is 0 Å². The van der Waals surface area contributed by atoms with Gasteiger partial charge in [0.15, 0.2) is 5.82 Å². The highest BCUT2D eigenvalue weighted by atomic mass is 16.1. The Kier molecular flexibility index (Phi) is 5.84. The molecule has 1 fully saturated rings. The number of benzene rings is 2. The van der Waals surface area contributed by atoms with Crippen molar-refractivity contribution in [2.24, 2.45) is 0 Å². The molecule has 2 N–H and O–H groups in total. The van der Waals surface area contributed by atoms with E-state index in [9.17, 15) is 4.79 Å². The number of carbonyl (C=O) groups is 1. The second-order valence-electron chi connectivity index (χ2n) is 7.65. The molecule has 0 aliphatic heterocycles. The lowest BCUT2D eigenvalue weighted by Crippen LogP contribution is -2.36. The van der Waals surface area contributed by atoms with Crippen LogP contribution in [0, 0.1) is 6.92 Å². The lowest BCUT2D eigenvalue weighted by molar-refractivity contribution is 0.0928. The van der Waals surface area contributed by atoms with Crippen molar-refractivity contribution in [3.63, 3.8) is 0 Å². The van der Waals surface area contributed by atoms with Crippen molar-refractivity contribution in [3.05, 3.63) is 71.9 Å². The third-order valence-corrected chi connectivity index (χ3v) is 5.30. The Morgan fingerprint density at radius 1 is 1.00 bits per heavy atom. The van der Waals surface area contributed by atoms with Crippen LogP contribution in [0.25, 0.3) is 11.4 Å². The summed E-state index contributed by atoms with van der Waals surface area (Å²) < 4.78 is 0. The molecule has 1 amide bonds. The summed E-state index contributed by atoms with van der Waals surface area (Å²) in [5.41, 5.74) is 3.66. The molecule has 0 radical (unpaired) electrons. The third kappa shape index (κ3) is 4.99. The van der Waals surface area contributed by atoms with Crippen LogP contribution < -0.4 is 10.6 Å². The van der Waals surface area contributed by atoms with E-state index in [0.29, 0.717) is 23.2 Å². The van der Waals surface area contributed by atoms with Gasteiger partial charge in [-0.2, -0.15) is 0 Å². The van der Waals surface area contributed by atoms with E-state index in [-0.39, 0.29) is 5.91 Å². The Balaban J connectivity index is 1.47. The van der Waals surface area contributed by atoms with Gasteiger partial charge in [0.25, 0.3) is 5.91 Å². The molecule has 0 spiro atoms. The van der Waals surface area contributed by atoms with Gasteiger partial charge >= 0.3 is 0 Å². The van der Waals surface area contributed by atoms with Gasteiger partial charge < -0.3 is 10.6 Å². The summed E-state index contributed by atoms with van der Waals surface area (Å²) in [6.07, 6.45) is 7.56. The highest BCUT2D eigenvalue weighted by molar-refractivity contribution is 5.95. The van der Waals surface area contributed by atoms with E-state index in [0.717, 1.165) is 24.1 Å². The summed E-state index contributed by atoms with van der Waals surface area (Å²) in [6, 6.07) is 17.8. The van der Waals surface area contributed by atoms with Gasteiger partial charge in [-0.3, -0.25) is 4.79 Å². The fraction of sp³-hybridized carbons (Fsp3) is 0.292. The summed E-state index contributed by atoms with van der Waals surface area (Å²) in [5.74, 6) is 1.35. The first-order chi connectivity index (χ1) is 14.2. The minimum absolute atomic E-state index is 0.0106. The molecule has 5 nitrogen and oxygen atoms in total. The molecular weight excluding hydrogens is 360 g/mol. The topological polar surface area (TPSA) is 66.9 Å². The second-order valence-corrected chi connectivity index (χ2v) is 7.65. The molecule has 1 heterocycles. The van der Waals surface area contributed by atoms with Gasteiger partial charge in [-0.1, -0.05) is 55.2 Å². The number of anilines is 2. The SMILES string of the molecule is Cc1ccc(-c2nccc(Nc3cccc(C(=O)NC4CCCCC4)c3)n2)cc1. The average Bonchev–Trinajstić information content (AvgIpc) is 2.75. The van der Waals surface area contributed by atoms with Crippen molar-refractivity contribution < 1.29 is 4.79 Å². The maximum absolute atomic E-state index is 12.6. The first kappa shape index (κ1) is 19.1. The fourth-order valence-corrected chi connectivity index (χ4v) is 3.67. The van der Waals surface area contributed by atoms with Gasteiger partial charge in [-0.05, 0) is 44.0 Å². The van der Waals surface area contributed by atoms with Crippen molar-refractivity contribution in [1.29, 1.82) is 0 Å². The van der Waals surface area contributed by atoms with Crippen LogP contribution in [0.1, 0.15) is 48.0 Å². The maximum atomic E-state index is 12.6. The van der Waals surface area contributed by atoms with Crippen molar-refractivity contribution in [2.75, 3.05) is 5.32 Å². The summed E-state index contributed by atoms with van der Waals surface area (Å²) >= 11 is 0. The van der Waals surface area contributed by atoms with Crippen molar-refractivity contribution in [1.82, 2.24) is 15.3 Å². The highest BCUT2D eigenvalue weighted by Crippen LogP contribution is 2.21. The molecule has 2 aromatic carbocycles. The lowest BCUT2D eigenvalue weighted by atomic mass is 9.95. The smallest absolute Gasteiger partial charge is 0.251 e. The van der Waals surface area contributed by atoms with Crippen LogP contribution in [-0.2, 0) is 0 Å². The number of hydrogen-bond acceptors (Lipinski definition) is 4. The number of rotatable bonds is 5. The summed E-state index contributed by atoms with van der Waals surface area (Å²) in [6.45, 7) is 2.06. The Hall–Kier alpha value is -3.21. The fourth-order valence-electron chi connectivity index (χ4n) is 3.67. The molecule has 1 aliphatic carbocycles. The Morgan fingerprint density at radius 2 is 1.79 bits per heavy atom. The van der Waals surface area contributed by atoms with Gasteiger partial charge in [-0.25, -0.2) is 9.97 Å². The van der Waals surface area contributed by atoms with Crippen LogP contribution >= 0.6 is 0 Å². The molecule has 0 saturated heterocycles. The van der Waals surface area contributed by atoms with Crippen LogP contribution in [0.2, 0.25) is 0 Å². The summed E-state index contributed by atoms with van der Waals surface area (Å²) in [4.78, 5) is 21.6. The minimum atomic E-state index is -0.0106. The zero-order chi connectivity index (χ0) is 20.1. The number of hydrogen-bond donors (Lipinski definition) is 2. The molecule has 5 heteroatoms. The van der Waals surface area contributed by atoms with Crippen molar-refractivity contribution in [2.45, 2.75) is 45.1 Å². The number of amides is 1. The highest BCUT2D eigenvalue weighted by Gasteiger charge is 2.16. The van der Waals surface area contributed by atoms with Crippen LogP contribution in [-0.4, -0.2) is 21.9 Å². The molecule has 4 rings (SSSR count). The van der Waals surface area contributed by atoms with Gasteiger partial charge in [0.1, 0.15) is 5.82 Å². The minimum Gasteiger partial charge on any atom is -0.349 e. The van der Waals surface area contributed by atoms with E-state index in [1.165, 1.54) is 24.8 Å². The zero-order valence-corrected chi connectivity index (χ0v) is 16.7. The molecule has 1 saturated carbocycles. The molecule has 3 aromatic rings. The molecule has 0 bridgehead atoms. The Morgan fingerprint density at radius 3 is 2.59 bits per heavy atom. The number of nitrogens with zero attached hydrogens (tertiary/aromatic N) is 2. The van der Waals surface area contributed by atoms with E-state index >= 15 is 0 Å². The normalized spacial score (nSPS) is 14.4. The van der Waals surface area contributed by atoms with E-state index < -0.39 is 0 Å². The van der Waals surface area contributed by atoms with E-state index in [1.807, 2.05) is 54.6 Å². The largest absolute Gasteiger partial charge is 0.349 e. The predicted octanol–water partition coefficient (Wildman–Crippen LogP) is 5.26. The first-order valence-corrected chi connectivity index (χ1v) is 10.3. The third-order valence-electron chi connectivity index (χ3n) is 5.30. The molecule has 148 valence electrons. The van der Waals surface area contributed by atoms with Gasteiger partial charge in [-0.15, -0.1) is 0 Å². The number of aryl methyl sites for hydroxylation is 1. The quantitative estimate of drug-likeness (QED) is 0.628. The molecule has 1 aliphatic rings. The molecular formula is C24H26N4O. The van der Waals surface area contributed by atoms with Crippen LogP contribution in [0.5, 0.6) is 0 Å². The number of aromatic nitrogens is 2. The van der Waals surface area contributed by atoms with Crippen molar-refractivity contribution in [3.8, 4) is 11.4 Å². The zero-order valence-electron chi connectivity index (χ0n) is 16.7. The van der Waals surface area contributed by atoms with Gasteiger partial charge in [0, 0.05) is 29.1 Å². The second kappa shape index (κ2) is 8.86. The van der Waals surface area contributed by atoms with Gasteiger partial charge in [0.05, 0.1) is 0 Å². The summed E-state index contributed by atoms with van der Waals surface area (Å²) in [5, 5.41) is 6.46. The van der Waals surface area contributed by atoms with Gasteiger partial charge in [0.2, 0.25) is 0 Å². The van der Waals surface area contributed by atoms with Crippen LogP contribution in [0.4, 0.5) is 11.5 Å². The monoisotopic (exact) mass is 386 g/mol. The molecule has 0 unspecified atom stereocenters. The Labute approximate surface area is 171 Å². The predicted molar refractivity (Wildman–Crippen MR) is 116 cm³/mol. The van der Waals surface area contributed by atoms with Crippen LogP contribution in [0.15, 0.2) is 60.8 Å². The standard InChI is InChI=1S/C24H26N4O/c1-17-10-12-18(13-11-17)23-25-15-14-22(28-23)26-21-9-5-6-19(16-21)24(29)27-20-7-3-2-4-8-20/h5-6,9-16,20H,2-4,7-8H2,1H3,(H,27,29)(H,25,26,28). The van der Waals surface area contributed by atoms with E-state index in [2.05, 4.69) is 27.5 Å². The number of carbonyl (C=O) groups excluding carboxylic acids is 1. The number of nitrogens with one attached hydrogen (secondary N) is 2. The lowest BCUT2D eigenvalue weighted by Gasteiger charge is -2.22. The van der Waals surface area contributed by atoms with E-state index in [4.69, 9.17) is 0 Å². The molecule has 0 atom stereocenters.